The summed E-state index contributed by atoms with van der Waals surface area (Å²) in [7, 11) is -0.932. The molecule has 1 N–H and O–H groups in total. The molecule has 0 unspecified atom stereocenters. The lowest BCUT2D eigenvalue weighted by molar-refractivity contribution is 0.287. The molecule has 0 radical (unpaired) electrons. The molecule has 0 aliphatic rings. The van der Waals surface area contributed by atoms with Crippen molar-refractivity contribution in [2.45, 2.75) is 6.92 Å². The van der Waals surface area contributed by atoms with Crippen LogP contribution in [0.4, 0.5) is 0 Å². The summed E-state index contributed by atoms with van der Waals surface area (Å²) in [5.41, 5.74) is 1.14. The van der Waals surface area contributed by atoms with E-state index in [1.165, 1.54) is 0 Å². The third-order valence-corrected chi connectivity index (χ3v) is 1.63. The van der Waals surface area contributed by atoms with Crippen LogP contribution < -0.4 is 5.46 Å². The number of hydrogen-bond donors (Lipinski definition) is 1. The number of rotatable bonds is 3. The lowest BCUT2D eigenvalue weighted by Gasteiger charge is -2.05. The second-order valence-corrected chi connectivity index (χ2v) is 2.54. The van der Waals surface area contributed by atoms with E-state index in [-0.39, 0.29) is 0 Å². The summed E-state index contributed by atoms with van der Waals surface area (Å²) in [5.74, 6) is 0. The monoisotopic (exact) mass is 175 g/mol. The van der Waals surface area contributed by atoms with E-state index in [1.807, 2.05) is 6.07 Å². The lowest BCUT2D eigenvalue weighted by Crippen LogP contribution is -2.33. The van der Waals surface area contributed by atoms with Crippen molar-refractivity contribution in [2.24, 2.45) is 0 Å². The fraction of sp³-hybridized carbons (Fsp3) is 0.222. The number of benzene rings is 1. The normalized spacial score (nSPS) is 9.31. The predicted molar refractivity (Wildman–Crippen MR) is 50.4 cm³/mol. The Bertz CT molecular complexity index is 322. The molecule has 13 heavy (non-hydrogen) atoms. The van der Waals surface area contributed by atoms with Crippen LogP contribution in [0.1, 0.15) is 12.5 Å². The number of hydrogen-bond acceptors (Lipinski definition) is 3. The quantitative estimate of drug-likeness (QED) is 0.671. The molecule has 0 spiro atoms. The zero-order valence-electron chi connectivity index (χ0n) is 7.40. The molecule has 0 atom stereocenters. The average molecular weight is 175 g/mol. The van der Waals surface area contributed by atoms with Crippen LogP contribution in [-0.4, -0.2) is 18.7 Å². The second kappa shape index (κ2) is 4.66. The van der Waals surface area contributed by atoms with Crippen molar-refractivity contribution in [2.75, 3.05) is 6.61 Å². The van der Waals surface area contributed by atoms with Crippen LogP contribution in [0.25, 0.3) is 0 Å². The van der Waals surface area contributed by atoms with Gasteiger partial charge in [-0.1, -0.05) is 12.1 Å². The minimum Gasteiger partial charge on any atom is -0.423 e. The Labute approximate surface area is 77.7 Å². The van der Waals surface area contributed by atoms with Crippen molar-refractivity contribution in [3.8, 4) is 6.07 Å². The van der Waals surface area contributed by atoms with Gasteiger partial charge in [-0.2, -0.15) is 5.26 Å². The Balaban J connectivity index is 2.83. The molecule has 0 aliphatic heterocycles. The fourth-order valence-electron chi connectivity index (χ4n) is 1.02. The Kier molecular flexibility index (Phi) is 3.50. The van der Waals surface area contributed by atoms with Gasteiger partial charge in [0.25, 0.3) is 0 Å². The molecule has 0 saturated carbocycles. The highest BCUT2D eigenvalue weighted by Gasteiger charge is 2.15. The van der Waals surface area contributed by atoms with Crippen LogP contribution in [0.3, 0.4) is 0 Å². The van der Waals surface area contributed by atoms with Crippen molar-refractivity contribution >= 4 is 12.6 Å². The van der Waals surface area contributed by atoms with Crippen LogP contribution in [0.5, 0.6) is 0 Å². The minimum absolute atomic E-state index is 0.442. The maximum atomic E-state index is 9.41. The first kappa shape index (κ1) is 9.78. The Hall–Kier alpha value is -1.31. The molecule has 0 heterocycles. The molecule has 66 valence electrons. The van der Waals surface area contributed by atoms with Crippen molar-refractivity contribution in [3.63, 3.8) is 0 Å². The summed E-state index contributed by atoms with van der Waals surface area (Å²) in [6, 6.07) is 8.73. The third-order valence-electron chi connectivity index (χ3n) is 1.63. The summed E-state index contributed by atoms with van der Waals surface area (Å²) in [4.78, 5) is 0. The summed E-state index contributed by atoms with van der Waals surface area (Å²) in [5, 5.41) is 18.0. The number of nitrogens with zero attached hydrogens (tertiary/aromatic N) is 1. The van der Waals surface area contributed by atoms with Gasteiger partial charge in [0.1, 0.15) is 0 Å². The zero-order valence-corrected chi connectivity index (χ0v) is 7.40. The van der Waals surface area contributed by atoms with Gasteiger partial charge in [-0.05, 0) is 24.5 Å². The van der Waals surface area contributed by atoms with Crippen molar-refractivity contribution in [1.82, 2.24) is 0 Å². The van der Waals surface area contributed by atoms with E-state index in [1.54, 1.807) is 31.2 Å². The van der Waals surface area contributed by atoms with E-state index in [0.717, 1.165) is 0 Å². The lowest BCUT2D eigenvalue weighted by atomic mass is 9.79. The molecular weight excluding hydrogens is 165 g/mol. The Morgan fingerprint density at radius 3 is 3.00 bits per heavy atom. The summed E-state index contributed by atoms with van der Waals surface area (Å²) in [6.45, 7) is 2.25. The van der Waals surface area contributed by atoms with E-state index in [4.69, 9.17) is 9.92 Å². The van der Waals surface area contributed by atoms with Crippen LogP contribution in [0.15, 0.2) is 24.3 Å². The van der Waals surface area contributed by atoms with Crippen LogP contribution >= 0.6 is 0 Å². The zero-order chi connectivity index (χ0) is 9.68. The van der Waals surface area contributed by atoms with Gasteiger partial charge in [-0.3, -0.25) is 0 Å². The highest BCUT2D eigenvalue weighted by Crippen LogP contribution is 1.95. The van der Waals surface area contributed by atoms with Gasteiger partial charge < -0.3 is 9.68 Å². The molecule has 0 amide bonds. The van der Waals surface area contributed by atoms with E-state index < -0.39 is 7.12 Å². The van der Waals surface area contributed by atoms with E-state index in [2.05, 4.69) is 0 Å². The highest BCUT2D eigenvalue weighted by molar-refractivity contribution is 6.59. The molecule has 3 nitrogen and oxygen atoms in total. The van der Waals surface area contributed by atoms with Gasteiger partial charge in [0.15, 0.2) is 0 Å². The van der Waals surface area contributed by atoms with E-state index in [9.17, 15) is 5.02 Å². The first-order chi connectivity index (χ1) is 6.27. The number of nitriles is 1. The van der Waals surface area contributed by atoms with Gasteiger partial charge in [-0.15, -0.1) is 0 Å². The summed E-state index contributed by atoms with van der Waals surface area (Å²) >= 11 is 0. The largest absolute Gasteiger partial charge is 0.491 e. The van der Waals surface area contributed by atoms with E-state index >= 15 is 0 Å². The van der Waals surface area contributed by atoms with E-state index in [0.29, 0.717) is 17.6 Å². The van der Waals surface area contributed by atoms with Crippen LogP contribution in [-0.2, 0) is 4.65 Å². The molecule has 1 rings (SSSR count). The standard InChI is InChI=1S/C9H10BNO2/c1-2-13-10(12)9-5-3-4-8(6-9)7-11/h3-6,12H,2H2,1H3. The third kappa shape index (κ3) is 2.58. The Morgan fingerprint density at radius 1 is 1.62 bits per heavy atom. The molecule has 0 aromatic heterocycles. The van der Waals surface area contributed by atoms with Gasteiger partial charge >= 0.3 is 7.12 Å². The molecule has 1 aromatic rings. The molecule has 0 saturated heterocycles. The van der Waals surface area contributed by atoms with Gasteiger partial charge in [0.05, 0.1) is 11.6 Å². The summed E-state index contributed by atoms with van der Waals surface area (Å²) < 4.78 is 4.97. The van der Waals surface area contributed by atoms with Crippen molar-refractivity contribution in [3.05, 3.63) is 29.8 Å². The minimum atomic E-state index is -0.932. The first-order valence-electron chi connectivity index (χ1n) is 4.07. The topological polar surface area (TPSA) is 53.2 Å². The molecule has 0 bridgehead atoms. The molecule has 0 fully saturated rings. The molecule has 0 aliphatic carbocycles. The Morgan fingerprint density at radius 2 is 2.38 bits per heavy atom. The van der Waals surface area contributed by atoms with Gasteiger partial charge in [0.2, 0.25) is 0 Å². The van der Waals surface area contributed by atoms with Crippen LogP contribution in [0.2, 0.25) is 0 Å². The predicted octanol–water partition coefficient (Wildman–Crippen LogP) is 0.282. The molecular formula is C9H10BNO2. The SMILES string of the molecule is CCOB(O)c1cccc(C#N)c1. The molecule has 1 aromatic carbocycles. The molecule has 4 heteroatoms. The fourth-order valence-corrected chi connectivity index (χ4v) is 1.02. The van der Waals surface area contributed by atoms with Gasteiger partial charge in [-0.25, -0.2) is 0 Å². The van der Waals surface area contributed by atoms with Crippen LogP contribution in [0, 0.1) is 11.3 Å². The average Bonchev–Trinajstić information content (AvgIpc) is 2.18. The summed E-state index contributed by atoms with van der Waals surface area (Å²) in [6.07, 6.45) is 0. The smallest absolute Gasteiger partial charge is 0.423 e. The maximum Gasteiger partial charge on any atom is 0.491 e. The highest BCUT2D eigenvalue weighted by atomic mass is 16.5. The second-order valence-electron chi connectivity index (χ2n) is 2.54. The maximum absolute atomic E-state index is 9.41. The first-order valence-corrected chi connectivity index (χ1v) is 4.07. The van der Waals surface area contributed by atoms with Crippen molar-refractivity contribution < 1.29 is 9.68 Å². The van der Waals surface area contributed by atoms with Gasteiger partial charge in [0, 0.05) is 6.61 Å². The van der Waals surface area contributed by atoms with Crippen molar-refractivity contribution in [1.29, 1.82) is 5.26 Å².